The van der Waals surface area contributed by atoms with Gasteiger partial charge in [0.15, 0.2) is 6.61 Å². The van der Waals surface area contributed by atoms with Crippen LogP contribution < -0.4 is 10.1 Å². The molecule has 0 aromatic heterocycles. The topological polar surface area (TPSA) is 84.9 Å². The highest BCUT2D eigenvalue weighted by Crippen LogP contribution is 2.16. The SMILES string of the molecule is CCOc1ccc(C(=O)NCC(=O)OCC(=O)N2CCCC[C@H]2C)cc1. The van der Waals surface area contributed by atoms with Crippen LogP contribution in [0.2, 0.25) is 0 Å². The maximum Gasteiger partial charge on any atom is 0.325 e. The van der Waals surface area contributed by atoms with Crippen LogP contribution >= 0.6 is 0 Å². The average molecular weight is 362 g/mol. The van der Waals surface area contributed by atoms with Crippen LogP contribution in [0.25, 0.3) is 0 Å². The molecule has 2 rings (SSSR count). The molecule has 1 aliphatic rings. The van der Waals surface area contributed by atoms with Crippen LogP contribution in [-0.2, 0) is 14.3 Å². The van der Waals surface area contributed by atoms with E-state index in [-0.39, 0.29) is 31.0 Å². The number of amides is 2. The zero-order valence-electron chi connectivity index (χ0n) is 15.3. The lowest BCUT2D eigenvalue weighted by molar-refractivity contribution is -0.152. The van der Waals surface area contributed by atoms with E-state index in [1.807, 2.05) is 13.8 Å². The zero-order valence-corrected chi connectivity index (χ0v) is 15.3. The number of nitrogens with zero attached hydrogens (tertiary/aromatic N) is 1. The quantitative estimate of drug-likeness (QED) is 0.747. The number of carbonyl (C=O) groups is 3. The number of hydrogen-bond acceptors (Lipinski definition) is 5. The van der Waals surface area contributed by atoms with Gasteiger partial charge >= 0.3 is 5.97 Å². The predicted octanol–water partition coefficient (Wildman–Crippen LogP) is 1.76. The first-order chi connectivity index (χ1) is 12.5. The summed E-state index contributed by atoms with van der Waals surface area (Å²) in [5.74, 6) is -0.541. The Morgan fingerprint density at radius 3 is 2.58 bits per heavy atom. The van der Waals surface area contributed by atoms with Gasteiger partial charge in [-0.25, -0.2) is 0 Å². The summed E-state index contributed by atoms with van der Waals surface area (Å²) in [5, 5.41) is 2.48. The van der Waals surface area contributed by atoms with E-state index in [2.05, 4.69) is 5.32 Å². The summed E-state index contributed by atoms with van der Waals surface area (Å²) < 4.78 is 10.3. The molecule has 7 heteroatoms. The summed E-state index contributed by atoms with van der Waals surface area (Å²) in [5.41, 5.74) is 0.416. The Morgan fingerprint density at radius 1 is 1.19 bits per heavy atom. The van der Waals surface area contributed by atoms with Gasteiger partial charge in [0.25, 0.3) is 11.8 Å². The molecule has 1 heterocycles. The lowest BCUT2D eigenvalue weighted by Crippen LogP contribution is -2.44. The molecule has 0 bridgehead atoms. The lowest BCUT2D eigenvalue weighted by atomic mass is 10.0. The highest BCUT2D eigenvalue weighted by Gasteiger charge is 2.23. The third-order valence-electron chi connectivity index (χ3n) is 4.30. The largest absolute Gasteiger partial charge is 0.494 e. The van der Waals surface area contributed by atoms with Crippen LogP contribution in [0.1, 0.15) is 43.5 Å². The van der Waals surface area contributed by atoms with Gasteiger partial charge in [-0.15, -0.1) is 0 Å². The Labute approximate surface area is 153 Å². The molecule has 0 unspecified atom stereocenters. The second kappa shape index (κ2) is 9.79. The number of carbonyl (C=O) groups excluding carboxylic acids is 3. The highest BCUT2D eigenvalue weighted by molar-refractivity contribution is 5.96. The number of hydrogen-bond donors (Lipinski definition) is 1. The molecule has 0 radical (unpaired) electrons. The van der Waals surface area contributed by atoms with Crippen molar-refractivity contribution in [3.63, 3.8) is 0 Å². The first-order valence-electron chi connectivity index (χ1n) is 8.97. The summed E-state index contributed by atoms with van der Waals surface area (Å²) in [4.78, 5) is 37.6. The van der Waals surface area contributed by atoms with Gasteiger partial charge in [-0.1, -0.05) is 0 Å². The Morgan fingerprint density at radius 2 is 1.92 bits per heavy atom. The van der Waals surface area contributed by atoms with Crippen molar-refractivity contribution in [2.75, 3.05) is 26.3 Å². The number of esters is 1. The third kappa shape index (κ3) is 5.75. The molecule has 1 fully saturated rings. The maximum absolute atomic E-state index is 12.1. The van der Waals surface area contributed by atoms with Crippen LogP contribution in [0, 0.1) is 0 Å². The molecule has 0 saturated carbocycles. The smallest absolute Gasteiger partial charge is 0.325 e. The van der Waals surface area contributed by atoms with E-state index in [0.717, 1.165) is 19.3 Å². The Kier molecular flexibility index (Phi) is 7.44. The van der Waals surface area contributed by atoms with E-state index >= 15 is 0 Å². The fourth-order valence-electron chi connectivity index (χ4n) is 2.87. The Bertz CT molecular complexity index is 629. The van der Waals surface area contributed by atoms with Crippen LogP contribution in [0.5, 0.6) is 5.75 Å². The van der Waals surface area contributed by atoms with Crippen molar-refractivity contribution < 1.29 is 23.9 Å². The van der Waals surface area contributed by atoms with Crippen molar-refractivity contribution >= 4 is 17.8 Å². The summed E-state index contributed by atoms with van der Waals surface area (Å²) in [6.07, 6.45) is 3.06. The molecule has 0 aliphatic carbocycles. The Hall–Kier alpha value is -2.57. The van der Waals surface area contributed by atoms with Crippen LogP contribution in [0.3, 0.4) is 0 Å². The van der Waals surface area contributed by atoms with Crippen molar-refractivity contribution in [3.05, 3.63) is 29.8 Å². The molecule has 1 saturated heterocycles. The number of nitrogens with one attached hydrogen (secondary N) is 1. The molecule has 1 atom stereocenters. The standard InChI is InChI=1S/C19H26N2O5/c1-3-25-16-9-7-15(8-10-16)19(24)20-12-18(23)26-13-17(22)21-11-5-4-6-14(21)2/h7-10,14H,3-6,11-13H2,1-2H3,(H,20,24)/t14-/m1/s1. The van der Waals surface area contributed by atoms with Crippen LogP contribution in [0.15, 0.2) is 24.3 Å². The van der Waals surface area contributed by atoms with Crippen LogP contribution in [-0.4, -0.2) is 55.0 Å². The number of likely N-dealkylation sites (tertiary alicyclic amines) is 1. The van der Waals surface area contributed by atoms with E-state index in [1.54, 1.807) is 29.2 Å². The average Bonchev–Trinajstić information content (AvgIpc) is 2.65. The number of piperidine rings is 1. The van der Waals surface area contributed by atoms with Crippen molar-refractivity contribution in [1.29, 1.82) is 0 Å². The minimum Gasteiger partial charge on any atom is -0.494 e. The molecular formula is C19H26N2O5. The molecule has 1 aliphatic heterocycles. The highest BCUT2D eigenvalue weighted by atomic mass is 16.5. The first-order valence-corrected chi connectivity index (χ1v) is 8.97. The molecule has 1 aromatic rings. The summed E-state index contributed by atoms with van der Waals surface area (Å²) >= 11 is 0. The van der Waals surface area contributed by atoms with Gasteiger partial charge in [0.05, 0.1) is 6.61 Å². The second-order valence-electron chi connectivity index (χ2n) is 6.23. The minimum absolute atomic E-state index is 0.175. The summed E-state index contributed by atoms with van der Waals surface area (Å²) in [6, 6.07) is 6.79. The lowest BCUT2D eigenvalue weighted by Gasteiger charge is -2.33. The van der Waals surface area contributed by atoms with Crippen molar-refractivity contribution in [3.8, 4) is 5.75 Å². The van der Waals surface area contributed by atoms with Gasteiger partial charge < -0.3 is 19.7 Å². The van der Waals surface area contributed by atoms with Crippen LogP contribution in [0.4, 0.5) is 0 Å². The van der Waals surface area contributed by atoms with Crippen molar-refractivity contribution in [1.82, 2.24) is 10.2 Å². The molecule has 142 valence electrons. The Balaban J connectivity index is 1.72. The number of ether oxygens (including phenoxy) is 2. The summed E-state index contributed by atoms with van der Waals surface area (Å²) in [7, 11) is 0. The van der Waals surface area contributed by atoms with Gasteiger partial charge in [0.2, 0.25) is 0 Å². The van der Waals surface area contributed by atoms with Gasteiger partial charge in [-0.2, -0.15) is 0 Å². The fraction of sp³-hybridized carbons (Fsp3) is 0.526. The van der Waals surface area contributed by atoms with E-state index < -0.39 is 5.97 Å². The van der Waals surface area contributed by atoms with Gasteiger partial charge in [0, 0.05) is 18.2 Å². The van der Waals surface area contributed by atoms with E-state index in [4.69, 9.17) is 9.47 Å². The molecular weight excluding hydrogens is 336 g/mol. The van der Waals surface area contributed by atoms with Crippen molar-refractivity contribution in [2.24, 2.45) is 0 Å². The first kappa shape index (κ1) is 19.8. The second-order valence-corrected chi connectivity index (χ2v) is 6.23. The molecule has 7 nitrogen and oxygen atoms in total. The molecule has 2 amide bonds. The van der Waals surface area contributed by atoms with Gasteiger partial charge in [-0.3, -0.25) is 14.4 Å². The third-order valence-corrected chi connectivity index (χ3v) is 4.30. The maximum atomic E-state index is 12.1. The van der Waals surface area contributed by atoms with Crippen molar-refractivity contribution in [2.45, 2.75) is 39.2 Å². The predicted molar refractivity (Wildman–Crippen MR) is 95.9 cm³/mol. The monoisotopic (exact) mass is 362 g/mol. The number of benzene rings is 1. The fourth-order valence-corrected chi connectivity index (χ4v) is 2.87. The van der Waals surface area contributed by atoms with E-state index in [1.165, 1.54) is 0 Å². The zero-order chi connectivity index (χ0) is 18.9. The minimum atomic E-state index is -0.637. The summed E-state index contributed by atoms with van der Waals surface area (Å²) in [6.45, 7) is 4.55. The van der Waals surface area contributed by atoms with Gasteiger partial charge in [-0.05, 0) is 57.4 Å². The normalized spacial score (nSPS) is 16.7. The number of rotatable bonds is 7. The van der Waals surface area contributed by atoms with E-state index in [0.29, 0.717) is 24.5 Å². The molecule has 26 heavy (non-hydrogen) atoms. The molecule has 1 aromatic carbocycles. The molecule has 1 N–H and O–H groups in total. The van der Waals surface area contributed by atoms with Gasteiger partial charge in [0.1, 0.15) is 12.3 Å². The van der Waals surface area contributed by atoms with E-state index in [9.17, 15) is 14.4 Å². The molecule has 0 spiro atoms.